The van der Waals surface area contributed by atoms with Crippen LogP contribution in [0.25, 0.3) is 5.69 Å². The van der Waals surface area contributed by atoms with Crippen LogP contribution in [0.15, 0.2) is 78.0 Å². The molecule has 0 fully saturated rings. The average Bonchev–Trinajstić information content (AvgIpc) is 3.17. The summed E-state index contributed by atoms with van der Waals surface area (Å²) in [6.07, 6.45) is 4.85. The number of aromatic nitrogens is 2. The zero-order valence-corrected chi connectivity index (χ0v) is 17.8. The van der Waals surface area contributed by atoms with Crippen molar-refractivity contribution in [3.05, 3.63) is 84.2 Å². The van der Waals surface area contributed by atoms with Crippen molar-refractivity contribution in [2.75, 3.05) is 13.1 Å². The highest BCUT2D eigenvalue weighted by Gasteiger charge is 2.02. The minimum atomic E-state index is 0. The van der Waals surface area contributed by atoms with Crippen LogP contribution in [0.5, 0.6) is 0 Å². The molecule has 1 heterocycles. The zero-order chi connectivity index (χ0) is 18.0. The lowest BCUT2D eigenvalue weighted by molar-refractivity contribution is 0.799. The van der Waals surface area contributed by atoms with Gasteiger partial charge < -0.3 is 10.6 Å². The summed E-state index contributed by atoms with van der Waals surface area (Å²) in [5, 5.41) is 11.1. The predicted molar refractivity (Wildman–Crippen MR) is 122 cm³/mol. The van der Waals surface area contributed by atoms with Gasteiger partial charge in [0.25, 0.3) is 0 Å². The van der Waals surface area contributed by atoms with Gasteiger partial charge in [-0.15, -0.1) is 24.0 Å². The van der Waals surface area contributed by atoms with E-state index in [1.54, 1.807) is 0 Å². The zero-order valence-electron chi connectivity index (χ0n) is 15.5. The summed E-state index contributed by atoms with van der Waals surface area (Å²) in [5.74, 6) is 0.830. The van der Waals surface area contributed by atoms with Crippen molar-refractivity contribution < 1.29 is 0 Å². The average molecular weight is 475 g/mol. The maximum absolute atomic E-state index is 4.66. The Morgan fingerprint density at radius 2 is 1.67 bits per heavy atom. The van der Waals surface area contributed by atoms with Gasteiger partial charge in [0, 0.05) is 24.8 Å². The molecule has 2 aromatic carbocycles. The Hall–Kier alpha value is -2.35. The number of rotatable bonds is 7. The Labute approximate surface area is 177 Å². The molecule has 0 aliphatic carbocycles. The molecule has 3 aromatic rings. The van der Waals surface area contributed by atoms with Crippen molar-refractivity contribution in [1.82, 2.24) is 20.4 Å². The molecule has 0 aliphatic rings. The van der Waals surface area contributed by atoms with Gasteiger partial charge in [-0.1, -0.05) is 48.5 Å². The molecule has 0 spiro atoms. The van der Waals surface area contributed by atoms with Crippen molar-refractivity contribution in [3.63, 3.8) is 0 Å². The molecular formula is C21H26IN5. The van der Waals surface area contributed by atoms with Crippen LogP contribution in [-0.4, -0.2) is 28.8 Å². The minimum Gasteiger partial charge on any atom is -0.357 e. The number of halogens is 1. The van der Waals surface area contributed by atoms with E-state index in [1.165, 1.54) is 5.56 Å². The second-order valence-corrected chi connectivity index (χ2v) is 5.99. The molecule has 2 N–H and O–H groups in total. The fourth-order valence-electron chi connectivity index (χ4n) is 2.65. The summed E-state index contributed by atoms with van der Waals surface area (Å²) in [6.45, 7) is 4.34. The minimum absolute atomic E-state index is 0. The molecular weight excluding hydrogens is 449 g/mol. The Morgan fingerprint density at radius 1 is 0.963 bits per heavy atom. The van der Waals surface area contributed by atoms with E-state index in [9.17, 15) is 0 Å². The number of guanidine groups is 1. The van der Waals surface area contributed by atoms with Gasteiger partial charge in [0.05, 0.1) is 18.4 Å². The topological polar surface area (TPSA) is 54.2 Å². The van der Waals surface area contributed by atoms with Gasteiger partial charge in [0.2, 0.25) is 0 Å². The highest BCUT2D eigenvalue weighted by Crippen LogP contribution is 2.08. The number of nitrogens with one attached hydrogen (secondary N) is 2. The molecule has 142 valence electrons. The van der Waals surface area contributed by atoms with Crippen LogP contribution >= 0.6 is 24.0 Å². The lowest BCUT2D eigenvalue weighted by Gasteiger charge is -2.11. The van der Waals surface area contributed by atoms with E-state index in [-0.39, 0.29) is 24.0 Å². The number of hydrogen-bond acceptors (Lipinski definition) is 2. The summed E-state index contributed by atoms with van der Waals surface area (Å²) in [6, 6.07) is 20.6. The molecule has 0 saturated carbocycles. The van der Waals surface area contributed by atoms with Crippen molar-refractivity contribution in [3.8, 4) is 5.69 Å². The first kappa shape index (κ1) is 21.0. The van der Waals surface area contributed by atoms with Crippen molar-refractivity contribution >= 4 is 29.9 Å². The van der Waals surface area contributed by atoms with Gasteiger partial charge in [-0.3, -0.25) is 0 Å². The molecule has 0 aliphatic heterocycles. The highest BCUT2D eigenvalue weighted by molar-refractivity contribution is 14.0. The third-order valence-corrected chi connectivity index (χ3v) is 3.97. The van der Waals surface area contributed by atoms with E-state index < -0.39 is 0 Å². The number of hydrogen-bond donors (Lipinski definition) is 2. The van der Waals surface area contributed by atoms with Gasteiger partial charge in [0.15, 0.2) is 5.96 Å². The van der Waals surface area contributed by atoms with Gasteiger partial charge in [-0.2, -0.15) is 5.10 Å². The maximum Gasteiger partial charge on any atom is 0.191 e. The van der Waals surface area contributed by atoms with E-state index in [4.69, 9.17) is 0 Å². The fraction of sp³-hybridized carbons (Fsp3) is 0.238. The molecule has 0 radical (unpaired) electrons. The van der Waals surface area contributed by atoms with Crippen molar-refractivity contribution in [1.29, 1.82) is 0 Å². The third-order valence-electron chi connectivity index (χ3n) is 3.97. The first-order valence-electron chi connectivity index (χ1n) is 9.00. The summed E-state index contributed by atoms with van der Waals surface area (Å²) in [4.78, 5) is 4.66. The molecule has 0 saturated heterocycles. The molecule has 27 heavy (non-hydrogen) atoms. The van der Waals surface area contributed by atoms with Crippen molar-refractivity contribution in [2.45, 2.75) is 19.9 Å². The summed E-state index contributed by atoms with van der Waals surface area (Å²) in [7, 11) is 0. The van der Waals surface area contributed by atoms with E-state index in [2.05, 4.69) is 51.9 Å². The Bertz CT molecular complexity index is 815. The number of nitrogens with zero attached hydrogens (tertiary/aromatic N) is 3. The summed E-state index contributed by atoms with van der Waals surface area (Å²) >= 11 is 0. The molecule has 6 heteroatoms. The van der Waals surface area contributed by atoms with Gasteiger partial charge in [-0.25, -0.2) is 9.67 Å². The first-order valence-corrected chi connectivity index (χ1v) is 9.00. The van der Waals surface area contributed by atoms with Crippen LogP contribution in [0, 0.1) is 0 Å². The normalized spacial score (nSPS) is 10.9. The molecule has 0 amide bonds. The number of para-hydroxylation sites is 1. The predicted octanol–water partition coefficient (Wildman–Crippen LogP) is 3.79. The number of benzene rings is 2. The number of aliphatic imine (C=N–C) groups is 1. The Balaban J connectivity index is 0.00000261. The van der Waals surface area contributed by atoms with Gasteiger partial charge >= 0.3 is 0 Å². The Morgan fingerprint density at radius 3 is 2.37 bits per heavy atom. The second kappa shape index (κ2) is 11.4. The molecule has 0 atom stereocenters. The lowest BCUT2D eigenvalue weighted by Crippen LogP contribution is -2.38. The molecule has 0 bridgehead atoms. The van der Waals surface area contributed by atoms with E-state index in [0.29, 0.717) is 6.54 Å². The fourth-order valence-corrected chi connectivity index (χ4v) is 2.65. The van der Waals surface area contributed by atoms with E-state index in [1.807, 2.05) is 53.5 Å². The third kappa shape index (κ3) is 6.71. The molecule has 3 rings (SSSR count). The lowest BCUT2D eigenvalue weighted by atomic mass is 10.1. The van der Waals surface area contributed by atoms with Gasteiger partial charge in [-0.05, 0) is 31.0 Å². The van der Waals surface area contributed by atoms with Crippen LogP contribution in [-0.2, 0) is 13.0 Å². The second-order valence-electron chi connectivity index (χ2n) is 5.99. The smallest absolute Gasteiger partial charge is 0.191 e. The van der Waals surface area contributed by atoms with E-state index >= 15 is 0 Å². The summed E-state index contributed by atoms with van der Waals surface area (Å²) < 4.78 is 1.88. The van der Waals surface area contributed by atoms with Crippen LogP contribution in [0.4, 0.5) is 0 Å². The van der Waals surface area contributed by atoms with Crippen molar-refractivity contribution in [2.24, 2.45) is 4.99 Å². The van der Waals surface area contributed by atoms with Crippen LogP contribution < -0.4 is 10.6 Å². The SMILES string of the molecule is CCNC(=NCc1cnn(-c2ccccc2)c1)NCCc1ccccc1.I. The highest BCUT2D eigenvalue weighted by atomic mass is 127. The maximum atomic E-state index is 4.66. The summed E-state index contributed by atoms with van der Waals surface area (Å²) in [5.41, 5.74) is 3.45. The standard InChI is InChI=1S/C21H25N5.HI/c1-2-22-21(23-14-13-18-9-5-3-6-10-18)24-15-19-16-25-26(17-19)20-11-7-4-8-12-20;/h3-12,16-17H,2,13-15H2,1H3,(H2,22,23,24);1H. The van der Waals surface area contributed by atoms with Crippen LogP contribution in [0.3, 0.4) is 0 Å². The van der Waals surface area contributed by atoms with Crippen LogP contribution in [0.2, 0.25) is 0 Å². The quantitative estimate of drug-likeness (QED) is 0.311. The monoisotopic (exact) mass is 475 g/mol. The van der Waals surface area contributed by atoms with Crippen LogP contribution in [0.1, 0.15) is 18.1 Å². The van der Waals surface area contributed by atoms with E-state index in [0.717, 1.165) is 36.7 Å². The molecule has 0 unspecified atom stereocenters. The molecule has 1 aromatic heterocycles. The Kier molecular flexibility index (Phi) is 8.83. The first-order chi connectivity index (χ1) is 12.8. The molecule has 5 nitrogen and oxygen atoms in total. The largest absolute Gasteiger partial charge is 0.357 e. The van der Waals surface area contributed by atoms with Gasteiger partial charge in [0.1, 0.15) is 0 Å².